The lowest BCUT2D eigenvalue weighted by atomic mass is 9.92. The molecule has 0 aliphatic carbocycles. The molecule has 0 fully saturated rings. The van der Waals surface area contributed by atoms with Gasteiger partial charge in [0.15, 0.2) is 0 Å². The third kappa shape index (κ3) is 3.50. The molecule has 1 rings (SSSR count). The summed E-state index contributed by atoms with van der Waals surface area (Å²) in [5.41, 5.74) is 4.73. The van der Waals surface area contributed by atoms with Gasteiger partial charge in [-0.2, -0.15) is 0 Å². The molecule has 0 heterocycles. The number of primary amides is 1. The number of hydrogen-bond acceptors (Lipinski definition) is 2. The molecule has 0 aromatic heterocycles. The zero-order valence-corrected chi connectivity index (χ0v) is 10.8. The molecule has 0 saturated heterocycles. The summed E-state index contributed by atoms with van der Waals surface area (Å²) in [5.74, 6) is -1.41. The Balaban J connectivity index is 2.74. The molecule has 18 heavy (non-hydrogen) atoms. The van der Waals surface area contributed by atoms with Crippen LogP contribution in [0.15, 0.2) is 18.2 Å². The summed E-state index contributed by atoms with van der Waals surface area (Å²) >= 11 is 0. The smallest absolute Gasteiger partial charge is 0.224 e. The van der Waals surface area contributed by atoms with Crippen molar-refractivity contribution in [1.82, 2.24) is 5.32 Å². The molecular formula is C13H18F2N2O. The summed E-state index contributed by atoms with van der Waals surface area (Å²) in [5, 5.41) is 2.98. The maximum atomic E-state index is 13.5. The highest BCUT2D eigenvalue weighted by Gasteiger charge is 2.25. The maximum absolute atomic E-state index is 13.5. The molecule has 100 valence electrons. The van der Waals surface area contributed by atoms with Crippen molar-refractivity contribution in [3.8, 4) is 0 Å². The van der Waals surface area contributed by atoms with E-state index in [0.717, 1.165) is 18.2 Å². The van der Waals surface area contributed by atoms with Crippen LogP contribution in [0.5, 0.6) is 0 Å². The lowest BCUT2D eigenvalue weighted by molar-refractivity contribution is -0.125. The van der Waals surface area contributed by atoms with Gasteiger partial charge in [0, 0.05) is 18.2 Å². The van der Waals surface area contributed by atoms with Crippen molar-refractivity contribution in [1.29, 1.82) is 0 Å². The Morgan fingerprint density at radius 3 is 2.61 bits per heavy atom. The van der Waals surface area contributed by atoms with E-state index in [2.05, 4.69) is 5.32 Å². The first-order chi connectivity index (χ1) is 8.24. The molecule has 1 amide bonds. The summed E-state index contributed by atoms with van der Waals surface area (Å²) in [6.07, 6.45) is 0. The van der Waals surface area contributed by atoms with Gasteiger partial charge in [-0.25, -0.2) is 8.78 Å². The summed E-state index contributed by atoms with van der Waals surface area (Å²) in [6, 6.07) is 2.89. The number of rotatable bonds is 5. The summed E-state index contributed by atoms with van der Waals surface area (Å²) in [7, 11) is 0. The highest BCUT2D eigenvalue weighted by atomic mass is 19.1. The van der Waals surface area contributed by atoms with Crippen LogP contribution in [0, 0.1) is 17.0 Å². The molecule has 1 aromatic rings. The fourth-order valence-corrected chi connectivity index (χ4v) is 1.45. The van der Waals surface area contributed by atoms with Gasteiger partial charge in [0.2, 0.25) is 5.91 Å². The third-order valence-corrected chi connectivity index (χ3v) is 2.94. The SMILES string of the molecule is C[C@H](NCC(C)(C)C(N)=O)c1cc(F)ccc1F. The molecule has 0 spiro atoms. The monoisotopic (exact) mass is 256 g/mol. The highest BCUT2D eigenvalue weighted by molar-refractivity contribution is 5.80. The van der Waals surface area contributed by atoms with Crippen molar-refractivity contribution in [3.05, 3.63) is 35.4 Å². The van der Waals surface area contributed by atoms with E-state index in [9.17, 15) is 13.6 Å². The largest absolute Gasteiger partial charge is 0.369 e. The standard InChI is InChI=1S/C13H18F2N2O/c1-8(17-7-13(2,3)12(16)18)10-6-9(14)4-5-11(10)15/h4-6,8,17H,7H2,1-3H3,(H2,16,18)/t8-/m0/s1. The van der Waals surface area contributed by atoms with Crippen LogP contribution in [0.2, 0.25) is 0 Å². The van der Waals surface area contributed by atoms with Crippen LogP contribution >= 0.6 is 0 Å². The van der Waals surface area contributed by atoms with Crippen LogP contribution in [-0.4, -0.2) is 12.5 Å². The van der Waals surface area contributed by atoms with E-state index < -0.39 is 29.0 Å². The van der Waals surface area contributed by atoms with Crippen LogP contribution in [-0.2, 0) is 4.79 Å². The second kappa shape index (κ2) is 5.44. The van der Waals surface area contributed by atoms with E-state index in [0.29, 0.717) is 6.54 Å². The second-order valence-electron chi connectivity index (χ2n) is 5.02. The quantitative estimate of drug-likeness (QED) is 0.848. The van der Waals surface area contributed by atoms with Crippen LogP contribution in [0.4, 0.5) is 8.78 Å². The van der Waals surface area contributed by atoms with Crippen LogP contribution < -0.4 is 11.1 Å². The Morgan fingerprint density at radius 1 is 1.44 bits per heavy atom. The molecule has 5 heteroatoms. The van der Waals surface area contributed by atoms with Crippen molar-refractivity contribution in [2.24, 2.45) is 11.1 Å². The zero-order valence-electron chi connectivity index (χ0n) is 10.8. The maximum Gasteiger partial charge on any atom is 0.224 e. The molecule has 3 N–H and O–H groups in total. The number of carbonyl (C=O) groups is 1. The van der Waals surface area contributed by atoms with Crippen LogP contribution in [0.25, 0.3) is 0 Å². The zero-order chi connectivity index (χ0) is 13.9. The van der Waals surface area contributed by atoms with Crippen LogP contribution in [0.3, 0.4) is 0 Å². The van der Waals surface area contributed by atoms with E-state index >= 15 is 0 Å². The Kier molecular flexibility index (Phi) is 4.40. The van der Waals surface area contributed by atoms with Crippen molar-refractivity contribution in [2.75, 3.05) is 6.54 Å². The van der Waals surface area contributed by atoms with Gasteiger partial charge in [0.05, 0.1) is 5.41 Å². The fraction of sp³-hybridized carbons (Fsp3) is 0.462. The average molecular weight is 256 g/mol. The molecule has 3 nitrogen and oxygen atoms in total. The number of nitrogens with one attached hydrogen (secondary N) is 1. The third-order valence-electron chi connectivity index (χ3n) is 2.94. The van der Waals surface area contributed by atoms with Crippen molar-refractivity contribution in [3.63, 3.8) is 0 Å². The first-order valence-corrected chi connectivity index (χ1v) is 5.72. The molecular weight excluding hydrogens is 238 g/mol. The van der Waals surface area contributed by atoms with E-state index in [1.807, 2.05) is 0 Å². The van der Waals surface area contributed by atoms with Gasteiger partial charge in [-0.15, -0.1) is 0 Å². The first kappa shape index (κ1) is 14.6. The average Bonchev–Trinajstić information content (AvgIpc) is 2.29. The highest BCUT2D eigenvalue weighted by Crippen LogP contribution is 2.20. The minimum Gasteiger partial charge on any atom is -0.369 e. The van der Waals surface area contributed by atoms with E-state index in [-0.39, 0.29) is 5.56 Å². The van der Waals surface area contributed by atoms with Gasteiger partial charge < -0.3 is 11.1 Å². The first-order valence-electron chi connectivity index (χ1n) is 5.72. The number of hydrogen-bond donors (Lipinski definition) is 2. The van der Waals surface area contributed by atoms with Crippen molar-refractivity contribution in [2.45, 2.75) is 26.8 Å². The minimum absolute atomic E-state index is 0.232. The van der Waals surface area contributed by atoms with E-state index in [4.69, 9.17) is 5.73 Å². The van der Waals surface area contributed by atoms with Gasteiger partial charge in [-0.3, -0.25) is 4.79 Å². The Bertz CT molecular complexity index is 447. The number of benzene rings is 1. The topological polar surface area (TPSA) is 55.1 Å². The van der Waals surface area contributed by atoms with Gasteiger partial charge in [-0.05, 0) is 39.0 Å². The Hall–Kier alpha value is -1.49. The predicted molar refractivity (Wildman–Crippen MR) is 65.8 cm³/mol. The van der Waals surface area contributed by atoms with E-state index in [1.54, 1.807) is 20.8 Å². The lowest BCUT2D eigenvalue weighted by Crippen LogP contribution is -2.41. The lowest BCUT2D eigenvalue weighted by Gasteiger charge is -2.24. The van der Waals surface area contributed by atoms with E-state index in [1.165, 1.54) is 0 Å². The van der Waals surface area contributed by atoms with Gasteiger partial charge >= 0.3 is 0 Å². The molecule has 1 aromatic carbocycles. The number of carbonyl (C=O) groups excluding carboxylic acids is 1. The summed E-state index contributed by atoms with van der Waals surface area (Å²) < 4.78 is 26.5. The number of nitrogens with two attached hydrogens (primary N) is 1. The van der Waals surface area contributed by atoms with Crippen LogP contribution in [0.1, 0.15) is 32.4 Å². The predicted octanol–water partition coefficient (Wildman–Crippen LogP) is 2.13. The van der Waals surface area contributed by atoms with Crippen molar-refractivity contribution >= 4 is 5.91 Å². The Labute approximate surface area is 105 Å². The molecule has 0 aliphatic heterocycles. The van der Waals surface area contributed by atoms with Gasteiger partial charge in [0.1, 0.15) is 11.6 Å². The molecule has 1 atom stereocenters. The Morgan fingerprint density at radius 2 is 2.06 bits per heavy atom. The summed E-state index contributed by atoms with van der Waals surface area (Å²) in [4.78, 5) is 11.1. The van der Waals surface area contributed by atoms with Crippen molar-refractivity contribution < 1.29 is 13.6 Å². The molecule has 0 aliphatic rings. The van der Waals surface area contributed by atoms with Gasteiger partial charge in [0.25, 0.3) is 0 Å². The van der Waals surface area contributed by atoms with Gasteiger partial charge in [-0.1, -0.05) is 0 Å². The minimum atomic E-state index is -0.738. The fourth-order valence-electron chi connectivity index (χ4n) is 1.45. The molecule has 0 unspecified atom stereocenters. The second-order valence-corrected chi connectivity index (χ2v) is 5.02. The summed E-state index contributed by atoms with van der Waals surface area (Å²) in [6.45, 7) is 5.38. The normalized spacial score (nSPS) is 13.4. The molecule has 0 saturated carbocycles. The number of amides is 1. The molecule has 0 bridgehead atoms. The number of halogens is 2. The molecule has 0 radical (unpaired) electrons.